The number of fused-ring (bicyclic) bond motifs is 1. The van der Waals surface area contributed by atoms with Gasteiger partial charge in [0.1, 0.15) is 0 Å². The van der Waals surface area contributed by atoms with Gasteiger partial charge in [-0.1, -0.05) is 139 Å². The molecule has 0 radical (unpaired) electrons. The van der Waals surface area contributed by atoms with Crippen LogP contribution >= 0.6 is 27.3 Å². The highest BCUT2D eigenvalue weighted by molar-refractivity contribution is 9.10. The first-order valence-electron chi connectivity index (χ1n) is 22.3. The van der Waals surface area contributed by atoms with Gasteiger partial charge in [0.15, 0.2) is 0 Å². The Balaban J connectivity index is 1.53. The molecule has 0 amide bonds. The Morgan fingerprint density at radius 2 is 1.02 bits per heavy atom. The van der Waals surface area contributed by atoms with E-state index in [1.54, 1.807) is 0 Å². The summed E-state index contributed by atoms with van der Waals surface area (Å²) in [5.41, 5.74) is 16.5. The predicted octanol–water partition coefficient (Wildman–Crippen LogP) is 18.5. The van der Waals surface area contributed by atoms with Crippen molar-refractivity contribution in [1.29, 1.82) is 0 Å². The number of nitrogens with zero attached hydrogens (tertiary/aromatic N) is 2. The van der Waals surface area contributed by atoms with Gasteiger partial charge in [0, 0.05) is 37.0 Å². The van der Waals surface area contributed by atoms with Crippen molar-refractivity contribution in [3.63, 3.8) is 0 Å². The fourth-order valence-corrected chi connectivity index (χ4v) is 10.5. The maximum absolute atomic E-state index is 4.11. The van der Waals surface area contributed by atoms with Crippen molar-refractivity contribution in [1.82, 2.24) is 0 Å². The average Bonchev–Trinajstić information content (AvgIpc) is 3.59. The molecule has 0 spiro atoms. The third-order valence-corrected chi connectivity index (χ3v) is 14.4. The number of thiophene rings is 1. The van der Waals surface area contributed by atoms with E-state index in [1.807, 2.05) is 11.3 Å². The molecule has 1 aliphatic carbocycles. The van der Waals surface area contributed by atoms with Crippen LogP contribution in [0.3, 0.4) is 0 Å². The summed E-state index contributed by atoms with van der Waals surface area (Å²) in [5.74, 6) is 0.646. The van der Waals surface area contributed by atoms with Crippen molar-refractivity contribution in [2.75, 3.05) is 9.80 Å². The lowest BCUT2D eigenvalue weighted by Gasteiger charge is -2.34. The highest BCUT2D eigenvalue weighted by atomic mass is 79.9. The van der Waals surface area contributed by atoms with Crippen LogP contribution in [0.1, 0.15) is 160 Å². The van der Waals surface area contributed by atoms with E-state index in [1.165, 1.54) is 98.2 Å². The second kappa shape index (κ2) is 16.4. The highest BCUT2D eigenvalue weighted by Gasteiger charge is 2.29. The van der Waals surface area contributed by atoms with Gasteiger partial charge in [0.05, 0.1) is 17.1 Å². The monoisotopic (exact) mass is 880 g/mol. The Morgan fingerprint density at radius 1 is 0.500 bits per heavy atom. The smallest absolute Gasteiger partial charge is 0.0647 e. The maximum atomic E-state index is 4.11. The molecule has 60 heavy (non-hydrogen) atoms. The van der Waals surface area contributed by atoms with Crippen molar-refractivity contribution in [2.24, 2.45) is 0 Å². The van der Waals surface area contributed by atoms with Crippen LogP contribution in [0.15, 0.2) is 101 Å². The van der Waals surface area contributed by atoms with Gasteiger partial charge in [-0.05, 0) is 164 Å². The van der Waals surface area contributed by atoms with Crippen LogP contribution < -0.4 is 9.80 Å². The van der Waals surface area contributed by atoms with E-state index in [2.05, 4.69) is 219 Å². The second-order valence-electron chi connectivity index (χ2n) is 21.8. The number of rotatable bonds is 7. The van der Waals surface area contributed by atoms with Crippen LogP contribution in [0.5, 0.6) is 0 Å². The summed E-state index contributed by atoms with van der Waals surface area (Å²) in [4.78, 5) is 5.08. The quantitative estimate of drug-likeness (QED) is 0.158. The van der Waals surface area contributed by atoms with Crippen LogP contribution in [0, 0.1) is 13.8 Å². The van der Waals surface area contributed by atoms with E-state index in [0.717, 1.165) is 21.5 Å². The third-order valence-electron chi connectivity index (χ3n) is 12.8. The number of hydrogen-bond acceptors (Lipinski definition) is 3. The van der Waals surface area contributed by atoms with Gasteiger partial charge in [0.25, 0.3) is 0 Å². The molecule has 0 saturated heterocycles. The molecule has 1 aromatic heterocycles. The number of halogens is 1. The lowest BCUT2D eigenvalue weighted by molar-refractivity contribution is 0.443. The largest absolute Gasteiger partial charge is 0.309 e. The molecule has 1 fully saturated rings. The predicted molar refractivity (Wildman–Crippen MR) is 269 cm³/mol. The summed E-state index contributed by atoms with van der Waals surface area (Å²) < 4.78 is 2.39. The zero-order valence-electron chi connectivity index (χ0n) is 39.0. The molecular formula is C56H69BrN2S. The lowest BCUT2D eigenvalue weighted by atomic mass is 9.82. The lowest BCUT2D eigenvalue weighted by Crippen LogP contribution is -2.19. The molecule has 0 unspecified atom stereocenters. The van der Waals surface area contributed by atoms with E-state index in [4.69, 9.17) is 0 Å². The van der Waals surface area contributed by atoms with Gasteiger partial charge < -0.3 is 9.80 Å². The Labute approximate surface area is 375 Å². The van der Waals surface area contributed by atoms with E-state index >= 15 is 0 Å². The molecule has 5 aromatic carbocycles. The minimum Gasteiger partial charge on any atom is -0.309 e. The number of anilines is 6. The van der Waals surface area contributed by atoms with Gasteiger partial charge in [-0.15, -0.1) is 11.3 Å². The van der Waals surface area contributed by atoms with Crippen molar-refractivity contribution in [3.05, 3.63) is 140 Å². The van der Waals surface area contributed by atoms with Crippen LogP contribution in [-0.2, 0) is 21.7 Å². The molecule has 316 valence electrons. The maximum Gasteiger partial charge on any atom is 0.0647 e. The average molecular weight is 882 g/mol. The molecule has 1 heterocycles. The molecule has 1 saturated carbocycles. The first-order chi connectivity index (χ1) is 28.0. The van der Waals surface area contributed by atoms with Gasteiger partial charge in [-0.25, -0.2) is 0 Å². The van der Waals surface area contributed by atoms with E-state index in [0.29, 0.717) is 5.92 Å². The minimum absolute atomic E-state index is 0.0263. The zero-order valence-corrected chi connectivity index (χ0v) is 41.4. The molecular weight excluding hydrogens is 813 g/mol. The summed E-state index contributed by atoms with van der Waals surface area (Å²) in [6.45, 7) is 32.5. The van der Waals surface area contributed by atoms with Gasteiger partial charge in [0.2, 0.25) is 0 Å². The number of benzene rings is 5. The Bertz CT molecular complexity index is 2460. The Kier molecular flexibility index (Phi) is 12.1. The fraction of sp³-hybridized carbons (Fsp3) is 0.429. The van der Waals surface area contributed by atoms with E-state index < -0.39 is 0 Å². The first kappa shape index (κ1) is 44.2. The standard InChI is InChI=1S/C56H69BrN2S/c1-36-28-39(38-18-16-15-17-19-38)29-37(2)52(36)59(50-35-60-51-27-23-41(32-47(50)51)54(6,7)8)46-31-43(56(12,13)14)30-45(34-46)58(44-24-20-40(21-25-44)53(3,4)5)49-26-22-42(33-48(49)57)55(9,10)11/h20-35,38H,15-19H2,1-14H3. The second-order valence-corrected chi connectivity index (χ2v) is 23.6. The van der Waals surface area contributed by atoms with Gasteiger partial charge >= 0.3 is 0 Å². The number of hydrogen-bond donors (Lipinski definition) is 0. The normalized spacial score (nSPS) is 14.5. The topological polar surface area (TPSA) is 6.48 Å². The first-order valence-corrected chi connectivity index (χ1v) is 24.0. The van der Waals surface area contributed by atoms with Crippen molar-refractivity contribution in [2.45, 2.75) is 157 Å². The Hall–Kier alpha value is -3.86. The molecule has 4 heteroatoms. The van der Waals surface area contributed by atoms with Crippen LogP contribution in [0.2, 0.25) is 0 Å². The fourth-order valence-electron chi connectivity index (χ4n) is 9.04. The van der Waals surface area contributed by atoms with E-state index in [9.17, 15) is 0 Å². The van der Waals surface area contributed by atoms with Crippen molar-refractivity contribution >= 4 is 71.5 Å². The summed E-state index contributed by atoms with van der Waals surface area (Å²) in [6, 6.07) is 35.7. The van der Waals surface area contributed by atoms with Gasteiger partial charge in [-0.2, -0.15) is 0 Å². The van der Waals surface area contributed by atoms with Crippen LogP contribution in [0.25, 0.3) is 10.1 Å². The molecule has 6 aromatic rings. The molecule has 0 N–H and O–H groups in total. The van der Waals surface area contributed by atoms with E-state index in [-0.39, 0.29) is 21.7 Å². The Morgan fingerprint density at radius 3 is 1.57 bits per heavy atom. The molecule has 7 rings (SSSR count). The summed E-state index contributed by atoms with van der Waals surface area (Å²) in [5, 5.41) is 3.71. The highest BCUT2D eigenvalue weighted by Crippen LogP contribution is 2.50. The summed E-state index contributed by atoms with van der Waals surface area (Å²) >= 11 is 5.96. The molecule has 0 aliphatic heterocycles. The molecule has 0 atom stereocenters. The molecule has 1 aliphatic rings. The summed E-state index contributed by atoms with van der Waals surface area (Å²) in [6.07, 6.45) is 6.62. The molecule has 2 nitrogen and oxygen atoms in total. The van der Waals surface area contributed by atoms with Crippen molar-refractivity contribution < 1.29 is 0 Å². The summed E-state index contributed by atoms with van der Waals surface area (Å²) in [7, 11) is 0. The SMILES string of the molecule is Cc1cc(C2CCCCC2)cc(C)c1N(c1cc(N(c2ccc(C(C)(C)C)cc2)c2ccc(C(C)(C)C)cc2Br)cc(C(C)(C)C)c1)c1csc2ccc(C(C)(C)C)cc12. The molecule has 0 bridgehead atoms. The van der Waals surface area contributed by atoms with Crippen LogP contribution in [0.4, 0.5) is 34.1 Å². The number of aryl methyl sites for hydroxylation is 2. The van der Waals surface area contributed by atoms with Gasteiger partial charge in [-0.3, -0.25) is 0 Å². The zero-order chi connectivity index (χ0) is 43.5. The third kappa shape index (κ3) is 9.17. The minimum atomic E-state index is -0.115. The van der Waals surface area contributed by atoms with Crippen molar-refractivity contribution in [3.8, 4) is 0 Å². The van der Waals surface area contributed by atoms with Crippen LogP contribution in [-0.4, -0.2) is 0 Å².